The molecule has 0 saturated carbocycles. The molecule has 0 aliphatic rings. The van der Waals surface area contributed by atoms with Crippen LogP contribution in [0, 0.1) is 0 Å². The van der Waals surface area contributed by atoms with Crippen LogP contribution >= 0.6 is 11.6 Å². The van der Waals surface area contributed by atoms with E-state index in [9.17, 15) is 5.11 Å². The molecule has 1 aromatic carbocycles. The molecule has 0 aliphatic heterocycles. The number of hydrogen-bond donors (Lipinski definition) is 1. The van der Waals surface area contributed by atoms with Crippen LogP contribution in [0.1, 0.15) is 73.8 Å². The zero-order chi connectivity index (χ0) is 16.7. The summed E-state index contributed by atoms with van der Waals surface area (Å²) in [6.45, 7) is 18.5. The Morgan fingerprint density at radius 1 is 1.05 bits per heavy atom. The average Bonchev–Trinajstić information content (AvgIpc) is 2.50. The Labute approximate surface area is 131 Å². The average molecular weight is 305 g/mol. The van der Waals surface area contributed by atoms with Crippen LogP contribution in [0.15, 0.2) is 12.1 Å². The van der Waals surface area contributed by atoms with Gasteiger partial charge in [0.15, 0.2) is 11.5 Å². The number of rotatable bonds is 3. The Morgan fingerprint density at radius 3 is 1.85 bits per heavy atom. The van der Waals surface area contributed by atoms with Crippen LogP contribution in [0.2, 0.25) is 5.02 Å². The summed E-state index contributed by atoms with van der Waals surface area (Å²) in [5.41, 5.74) is 1.07. The van der Waals surface area contributed by atoms with E-state index in [0.29, 0.717) is 23.3 Å². The standard InChI is InChI=1S/C11H15ClO2.3C2H6/c1-4-14-10-6-8(7(2)3)5-9(12)11(10)13;3*1-2/h5-7,13H,4H2,1-3H3;3*1-2H3. The maximum absolute atomic E-state index is 9.58. The molecule has 3 heteroatoms. The second-order valence-corrected chi connectivity index (χ2v) is 3.84. The minimum atomic E-state index is 0.0258. The monoisotopic (exact) mass is 304 g/mol. The summed E-state index contributed by atoms with van der Waals surface area (Å²) in [6, 6.07) is 3.60. The predicted octanol–water partition coefficient (Wildman–Crippen LogP) is 6.65. The van der Waals surface area contributed by atoms with Gasteiger partial charge >= 0.3 is 0 Å². The molecule has 1 rings (SSSR count). The first-order chi connectivity index (χ1) is 9.56. The van der Waals surface area contributed by atoms with Gasteiger partial charge in [-0.15, -0.1) is 0 Å². The minimum Gasteiger partial charge on any atom is -0.503 e. The Kier molecular flexibility index (Phi) is 19.5. The Morgan fingerprint density at radius 2 is 1.50 bits per heavy atom. The molecule has 0 unspecified atom stereocenters. The lowest BCUT2D eigenvalue weighted by molar-refractivity contribution is 0.317. The van der Waals surface area contributed by atoms with Crippen LogP contribution in [0.5, 0.6) is 11.5 Å². The van der Waals surface area contributed by atoms with Gasteiger partial charge in [-0.2, -0.15) is 0 Å². The molecule has 0 amide bonds. The van der Waals surface area contributed by atoms with Crippen molar-refractivity contribution in [1.29, 1.82) is 0 Å². The summed E-state index contributed by atoms with van der Waals surface area (Å²) < 4.78 is 5.27. The number of phenolic OH excluding ortho intramolecular Hbond substituents is 1. The van der Waals surface area contributed by atoms with E-state index in [1.807, 2.05) is 54.5 Å². The summed E-state index contributed by atoms with van der Waals surface area (Å²) >= 11 is 5.87. The van der Waals surface area contributed by atoms with E-state index in [1.165, 1.54) is 0 Å². The van der Waals surface area contributed by atoms with Crippen molar-refractivity contribution in [2.75, 3.05) is 6.61 Å². The van der Waals surface area contributed by atoms with Gasteiger partial charge in [0.2, 0.25) is 0 Å². The highest BCUT2D eigenvalue weighted by molar-refractivity contribution is 6.32. The van der Waals surface area contributed by atoms with Crippen LogP contribution in [-0.4, -0.2) is 11.7 Å². The Hall–Kier alpha value is -0.890. The summed E-state index contributed by atoms with van der Waals surface area (Å²) in [5.74, 6) is 0.855. The lowest BCUT2D eigenvalue weighted by Crippen LogP contribution is -1.95. The highest BCUT2D eigenvalue weighted by Crippen LogP contribution is 2.37. The summed E-state index contributed by atoms with van der Waals surface area (Å²) in [6.07, 6.45) is 0. The van der Waals surface area contributed by atoms with Gasteiger partial charge in [-0.3, -0.25) is 0 Å². The van der Waals surface area contributed by atoms with Crippen LogP contribution < -0.4 is 4.74 Å². The van der Waals surface area contributed by atoms with Gasteiger partial charge in [-0.25, -0.2) is 0 Å². The van der Waals surface area contributed by atoms with E-state index in [2.05, 4.69) is 13.8 Å². The van der Waals surface area contributed by atoms with E-state index in [1.54, 1.807) is 6.07 Å². The quantitative estimate of drug-likeness (QED) is 0.677. The number of ether oxygens (including phenoxy) is 1. The molecule has 1 N–H and O–H groups in total. The molecule has 0 atom stereocenters. The van der Waals surface area contributed by atoms with Gasteiger partial charge in [-0.05, 0) is 30.5 Å². The predicted molar refractivity (Wildman–Crippen MR) is 92.4 cm³/mol. The van der Waals surface area contributed by atoms with Gasteiger partial charge < -0.3 is 9.84 Å². The van der Waals surface area contributed by atoms with Crippen molar-refractivity contribution in [3.05, 3.63) is 22.7 Å². The summed E-state index contributed by atoms with van der Waals surface area (Å²) in [5, 5.41) is 9.92. The molecule has 0 aromatic heterocycles. The van der Waals surface area contributed by atoms with Gasteiger partial charge in [0.25, 0.3) is 0 Å². The fraction of sp³-hybridized carbons (Fsp3) is 0.647. The number of halogens is 1. The molecule has 0 spiro atoms. The van der Waals surface area contributed by atoms with Gasteiger partial charge in [0.05, 0.1) is 11.6 Å². The molecule has 0 aliphatic carbocycles. The van der Waals surface area contributed by atoms with Crippen molar-refractivity contribution in [2.24, 2.45) is 0 Å². The van der Waals surface area contributed by atoms with Crippen LogP contribution in [0.25, 0.3) is 0 Å². The zero-order valence-corrected chi connectivity index (χ0v) is 15.4. The van der Waals surface area contributed by atoms with E-state index >= 15 is 0 Å². The first-order valence-electron chi connectivity index (χ1n) is 7.71. The van der Waals surface area contributed by atoms with Gasteiger partial charge in [-0.1, -0.05) is 67.0 Å². The fourth-order valence-electron chi connectivity index (χ4n) is 1.19. The molecule has 0 fully saturated rings. The molecular weight excluding hydrogens is 272 g/mol. The summed E-state index contributed by atoms with van der Waals surface area (Å²) in [7, 11) is 0. The highest BCUT2D eigenvalue weighted by atomic mass is 35.5. The SMILES string of the molecule is CC.CC.CC.CCOc1cc(C(C)C)cc(Cl)c1O. The van der Waals surface area contributed by atoms with Crippen LogP contribution in [-0.2, 0) is 0 Å². The molecule has 20 heavy (non-hydrogen) atoms. The fourth-order valence-corrected chi connectivity index (χ4v) is 1.41. The number of phenols is 1. The first kappa shape index (κ1) is 24.1. The van der Waals surface area contributed by atoms with Crippen molar-refractivity contribution in [1.82, 2.24) is 0 Å². The topological polar surface area (TPSA) is 29.5 Å². The lowest BCUT2D eigenvalue weighted by atomic mass is 10.0. The van der Waals surface area contributed by atoms with Crippen LogP contribution in [0.4, 0.5) is 0 Å². The van der Waals surface area contributed by atoms with Crippen molar-refractivity contribution in [3.8, 4) is 11.5 Å². The smallest absolute Gasteiger partial charge is 0.176 e. The molecule has 0 bridgehead atoms. The lowest BCUT2D eigenvalue weighted by Gasteiger charge is -2.11. The zero-order valence-electron chi connectivity index (χ0n) is 14.7. The van der Waals surface area contributed by atoms with Crippen molar-refractivity contribution >= 4 is 11.6 Å². The molecule has 0 radical (unpaired) electrons. The minimum absolute atomic E-state index is 0.0258. The van der Waals surface area contributed by atoms with E-state index in [4.69, 9.17) is 16.3 Å². The van der Waals surface area contributed by atoms with E-state index < -0.39 is 0 Å². The molecule has 0 saturated heterocycles. The molecule has 2 nitrogen and oxygen atoms in total. The largest absolute Gasteiger partial charge is 0.503 e. The Balaban J connectivity index is -0.000000425. The van der Waals surface area contributed by atoms with Gasteiger partial charge in [0, 0.05) is 0 Å². The maximum Gasteiger partial charge on any atom is 0.176 e. The third-order valence-corrected chi connectivity index (χ3v) is 2.31. The molecule has 0 heterocycles. The number of benzene rings is 1. The van der Waals surface area contributed by atoms with E-state index in [-0.39, 0.29) is 5.75 Å². The molecule has 1 aromatic rings. The number of aromatic hydroxyl groups is 1. The maximum atomic E-state index is 9.58. The Bertz CT molecular complexity index is 323. The van der Waals surface area contributed by atoms with Crippen molar-refractivity contribution < 1.29 is 9.84 Å². The third kappa shape index (κ3) is 9.08. The number of hydrogen-bond acceptors (Lipinski definition) is 2. The molecular formula is C17H33ClO2. The third-order valence-electron chi connectivity index (χ3n) is 2.02. The normalized spacial score (nSPS) is 8.35. The molecule has 120 valence electrons. The van der Waals surface area contributed by atoms with Gasteiger partial charge in [0.1, 0.15) is 0 Å². The summed E-state index contributed by atoms with van der Waals surface area (Å²) in [4.78, 5) is 0. The second kappa shape index (κ2) is 16.2. The second-order valence-electron chi connectivity index (χ2n) is 3.44. The van der Waals surface area contributed by atoms with E-state index in [0.717, 1.165) is 5.56 Å². The van der Waals surface area contributed by atoms with Crippen molar-refractivity contribution in [2.45, 2.75) is 68.2 Å². The van der Waals surface area contributed by atoms with Crippen LogP contribution in [0.3, 0.4) is 0 Å². The van der Waals surface area contributed by atoms with Crippen molar-refractivity contribution in [3.63, 3.8) is 0 Å². The highest BCUT2D eigenvalue weighted by Gasteiger charge is 2.10. The first-order valence-corrected chi connectivity index (χ1v) is 8.09.